The van der Waals surface area contributed by atoms with Crippen LogP contribution in [-0.2, 0) is 10.0 Å². The highest BCUT2D eigenvalue weighted by molar-refractivity contribution is 7.90. The number of hydrogen-bond acceptors (Lipinski definition) is 4. The van der Waals surface area contributed by atoms with Gasteiger partial charge in [0.15, 0.2) is 0 Å². The number of nitrogens with one attached hydrogen (secondary N) is 2. The number of hydrazine groups is 1. The van der Waals surface area contributed by atoms with Crippen molar-refractivity contribution >= 4 is 34.4 Å². The highest BCUT2D eigenvalue weighted by Gasteiger charge is 2.20. The average molecular weight is 350 g/mol. The number of hydrogen-bond donors (Lipinski definition) is 3. The Bertz CT molecular complexity index is 631. The third kappa shape index (κ3) is 5.78. The van der Waals surface area contributed by atoms with Crippen molar-refractivity contribution in [2.75, 3.05) is 13.6 Å². The van der Waals surface area contributed by atoms with Gasteiger partial charge in [0.2, 0.25) is 5.96 Å². The number of amides is 2. The molecule has 1 aromatic rings. The summed E-state index contributed by atoms with van der Waals surface area (Å²) in [7, 11) is -2.60. The number of carbonyl (C=O) groups is 1. The topological polar surface area (TPSA) is 117 Å². The number of nitrogens with two attached hydrogens (primary N) is 1. The number of carbonyl (C=O) groups excluding carboxylic acids is 1. The summed E-state index contributed by atoms with van der Waals surface area (Å²) in [6.45, 7) is 4.05. The third-order valence-corrected chi connectivity index (χ3v) is 3.80. The van der Waals surface area contributed by atoms with Gasteiger partial charge < -0.3 is 5.73 Å². The Morgan fingerprint density at radius 2 is 1.86 bits per heavy atom. The van der Waals surface area contributed by atoms with Crippen molar-refractivity contribution in [1.29, 1.82) is 0 Å². The number of benzene rings is 1. The molecular weight excluding hydrogens is 330 g/mol. The molecule has 0 spiro atoms. The first kappa shape index (κ1) is 20.0. The molecule has 0 saturated heterocycles. The molecule has 0 unspecified atom stereocenters. The van der Waals surface area contributed by atoms with Crippen LogP contribution in [0.1, 0.15) is 12.5 Å². The molecule has 4 N–H and O–H groups in total. The molecule has 0 aromatic heterocycles. The molecule has 0 aliphatic carbocycles. The molecule has 2 amide bonds. The van der Waals surface area contributed by atoms with Gasteiger partial charge in [-0.2, -0.15) is 0 Å². The molecule has 0 saturated carbocycles. The number of aliphatic imine (C=N–C) groups is 1. The average Bonchev–Trinajstić information content (AvgIpc) is 2.38. The van der Waals surface area contributed by atoms with E-state index in [4.69, 9.17) is 5.73 Å². The summed E-state index contributed by atoms with van der Waals surface area (Å²) >= 11 is 0. The number of aryl methyl sites for hydroxylation is 1. The molecule has 0 bridgehead atoms. The Labute approximate surface area is 136 Å². The van der Waals surface area contributed by atoms with Crippen molar-refractivity contribution in [2.24, 2.45) is 10.7 Å². The van der Waals surface area contributed by atoms with E-state index < -0.39 is 16.1 Å². The number of guanidine groups is 1. The second-order valence-electron chi connectivity index (χ2n) is 4.25. The van der Waals surface area contributed by atoms with Gasteiger partial charge in [-0.25, -0.2) is 22.9 Å². The smallest absolute Gasteiger partial charge is 0.349 e. The molecule has 0 fully saturated rings. The Kier molecular flexibility index (Phi) is 7.68. The van der Waals surface area contributed by atoms with Gasteiger partial charge in [0.05, 0.1) is 4.90 Å². The van der Waals surface area contributed by atoms with Crippen molar-refractivity contribution in [3.8, 4) is 0 Å². The molecule has 22 heavy (non-hydrogen) atoms. The van der Waals surface area contributed by atoms with Gasteiger partial charge in [-0.3, -0.25) is 10.4 Å². The van der Waals surface area contributed by atoms with Crippen molar-refractivity contribution in [2.45, 2.75) is 18.7 Å². The number of nitrogens with zero attached hydrogens (tertiary/aromatic N) is 2. The zero-order valence-corrected chi connectivity index (χ0v) is 14.2. The largest absolute Gasteiger partial charge is 0.369 e. The van der Waals surface area contributed by atoms with Crippen molar-refractivity contribution < 1.29 is 13.2 Å². The van der Waals surface area contributed by atoms with Gasteiger partial charge in [0.25, 0.3) is 10.0 Å². The highest BCUT2D eigenvalue weighted by Crippen LogP contribution is 2.09. The van der Waals surface area contributed by atoms with Crippen molar-refractivity contribution in [3.63, 3.8) is 0 Å². The van der Waals surface area contributed by atoms with Crippen LogP contribution in [0, 0.1) is 6.92 Å². The lowest BCUT2D eigenvalue weighted by molar-refractivity contribution is 0.206. The van der Waals surface area contributed by atoms with Crippen LogP contribution >= 0.6 is 12.4 Å². The van der Waals surface area contributed by atoms with Gasteiger partial charge in [-0.05, 0) is 26.0 Å². The predicted octanol–water partition coefficient (Wildman–Crippen LogP) is 0.586. The summed E-state index contributed by atoms with van der Waals surface area (Å²) in [5.41, 5.74) is 8.85. The minimum atomic E-state index is -3.93. The van der Waals surface area contributed by atoms with Gasteiger partial charge in [-0.15, -0.1) is 12.4 Å². The van der Waals surface area contributed by atoms with E-state index in [0.29, 0.717) is 6.54 Å². The number of sulfonamides is 1. The van der Waals surface area contributed by atoms with Crippen molar-refractivity contribution in [3.05, 3.63) is 29.8 Å². The second kappa shape index (κ2) is 8.44. The molecule has 0 aliphatic heterocycles. The van der Waals surface area contributed by atoms with Crippen LogP contribution in [0.25, 0.3) is 0 Å². The maximum absolute atomic E-state index is 12.0. The van der Waals surface area contributed by atoms with Gasteiger partial charge in [-0.1, -0.05) is 17.7 Å². The van der Waals surface area contributed by atoms with E-state index in [1.807, 2.05) is 11.6 Å². The molecule has 0 radical (unpaired) electrons. The van der Waals surface area contributed by atoms with E-state index in [2.05, 4.69) is 10.4 Å². The first-order valence-electron chi connectivity index (χ1n) is 6.20. The lowest BCUT2D eigenvalue weighted by Gasteiger charge is -2.19. The zero-order valence-electron chi connectivity index (χ0n) is 12.5. The van der Waals surface area contributed by atoms with Crippen LogP contribution in [0.5, 0.6) is 0 Å². The van der Waals surface area contributed by atoms with Crippen LogP contribution in [0.2, 0.25) is 0 Å². The summed E-state index contributed by atoms with van der Waals surface area (Å²) in [5, 5.41) is 0.903. The van der Waals surface area contributed by atoms with Gasteiger partial charge >= 0.3 is 6.03 Å². The van der Waals surface area contributed by atoms with Crippen LogP contribution in [-0.4, -0.2) is 39.0 Å². The minimum absolute atomic E-state index is 0. The first-order valence-corrected chi connectivity index (χ1v) is 7.68. The van der Waals surface area contributed by atoms with E-state index in [9.17, 15) is 13.2 Å². The van der Waals surface area contributed by atoms with E-state index in [1.54, 1.807) is 19.1 Å². The van der Waals surface area contributed by atoms with Gasteiger partial charge in [0.1, 0.15) is 0 Å². The number of halogens is 1. The molecule has 0 heterocycles. The Hall–Kier alpha value is -2.00. The molecule has 0 atom stereocenters. The lowest BCUT2D eigenvalue weighted by Crippen LogP contribution is -2.51. The Morgan fingerprint density at radius 1 is 1.32 bits per heavy atom. The highest BCUT2D eigenvalue weighted by atomic mass is 35.5. The molecule has 1 rings (SSSR count). The normalized spacial score (nSPS) is 11.3. The first-order chi connectivity index (χ1) is 9.76. The monoisotopic (exact) mass is 349 g/mol. The summed E-state index contributed by atoms with van der Waals surface area (Å²) < 4.78 is 26.0. The maximum atomic E-state index is 12.0. The fraction of sp³-hybridized carbons (Fsp3) is 0.333. The van der Waals surface area contributed by atoms with Crippen LogP contribution < -0.4 is 15.9 Å². The second-order valence-corrected chi connectivity index (χ2v) is 5.94. The fourth-order valence-corrected chi connectivity index (χ4v) is 2.37. The Balaban J connectivity index is 0.00000441. The summed E-state index contributed by atoms with van der Waals surface area (Å²) in [6.07, 6.45) is 0. The van der Waals surface area contributed by atoms with Gasteiger partial charge in [0, 0.05) is 13.6 Å². The number of rotatable bonds is 3. The molecule has 124 valence electrons. The third-order valence-electron chi connectivity index (χ3n) is 2.47. The molecule has 10 heteroatoms. The molecule has 1 aromatic carbocycles. The number of urea groups is 1. The van der Waals surface area contributed by atoms with Crippen LogP contribution in [0.4, 0.5) is 4.79 Å². The molecule has 8 nitrogen and oxygen atoms in total. The van der Waals surface area contributed by atoms with E-state index >= 15 is 0 Å². The summed E-state index contributed by atoms with van der Waals surface area (Å²) in [4.78, 5) is 15.6. The fourth-order valence-electron chi connectivity index (χ4n) is 1.39. The maximum Gasteiger partial charge on any atom is 0.349 e. The quantitative estimate of drug-likeness (QED) is 0.419. The lowest BCUT2D eigenvalue weighted by atomic mass is 10.2. The Morgan fingerprint density at radius 3 is 2.36 bits per heavy atom. The zero-order chi connectivity index (χ0) is 16.0. The van der Waals surface area contributed by atoms with Crippen LogP contribution in [0.3, 0.4) is 0 Å². The van der Waals surface area contributed by atoms with Crippen LogP contribution in [0.15, 0.2) is 34.2 Å². The van der Waals surface area contributed by atoms with E-state index in [-0.39, 0.29) is 23.3 Å². The molecule has 0 aliphatic rings. The predicted molar refractivity (Wildman–Crippen MR) is 87.2 cm³/mol. The summed E-state index contributed by atoms with van der Waals surface area (Å²) in [5.74, 6) is 0.0166. The van der Waals surface area contributed by atoms with E-state index in [1.165, 1.54) is 19.2 Å². The van der Waals surface area contributed by atoms with Crippen molar-refractivity contribution in [1.82, 2.24) is 15.2 Å². The van der Waals surface area contributed by atoms with E-state index in [0.717, 1.165) is 10.6 Å². The standard InChI is InChI=1S/C12H19N5O3S.ClH/c1-4-14-11(13)15-17(3)12(18)16-21(19,20)10-7-5-9(2)6-8-10;/h5-8H,4H2,1-3H3,(H,16,18)(H3,13,14,15);1H. The SMILES string of the molecule is CCN=C(N)NN(C)C(=O)NS(=O)(=O)c1ccc(C)cc1.Cl. The minimum Gasteiger partial charge on any atom is -0.369 e. The summed E-state index contributed by atoms with van der Waals surface area (Å²) in [6, 6.07) is 5.26. The molecular formula is C12H20ClN5O3S.